The number of hydrogen-bond donors (Lipinski definition) is 2. The minimum atomic E-state index is 0.267. The fourth-order valence-corrected chi connectivity index (χ4v) is 2.72. The summed E-state index contributed by atoms with van der Waals surface area (Å²) in [7, 11) is 0. The summed E-state index contributed by atoms with van der Waals surface area (Å²) in [5, 5.41) is 16.2. The Bertz CT molecular complexity index is 484. The first-order chi connectivity index (χ1) is 9.88. The summed E-state index contributed by atoms with van der Waals surface area (Å²) in [6.07, 6.45) is 0.556. The van der Waals surface area contributed by atoms with Crippen molar-refractivity contribution in [2.24, 2.45) is 16.8 Å². The molecule has 1 rings (SSSR count). The maximum Gasteiger partial charge on any atom is 0.140 e. The van der Waals surface area contributed by atoms with Crippen molar-refractivity contribution in [2.45, 2.75) is 47.2 Å². The summed E-state index contributed by atoms with van der Waals surface area (Å²) >= 11 is 3.63. The van der Waals surface area contributed by atoms with Gasteiger partial charge in [0.1, 0.15) is 5.84 Å². The number of halogens is 1. The van der Waals surface area contributed by atoms with Crippen molar-refractivity contribution < 1.29 is 5.21 Å². The Kier molecular flexibility index (Phi) is 7.17. The Morgan fingerprint density at radius 2 is 2.19 bits per heavy atom. The minimum Gasteiger partial charge on any atom is -0.409 e. The van der Waals surface area contributed by atoms with Gasteiger partial charge in [-0.2, -0.15) is 5.10 Å². The maximum absolute atomic E-state index is 8.67. The van der Waals surface area contributed by atoms with E-state index in [9.17, 15) is 0 Å². The number of rotatable bonds is 8. The first-order valence-electron chi connectivity index (χ1n) is 7.29. The molecule has 1 aromatic heterocycles. The second-order valence-electron chi connectivity index (χ2n) is 5.63. The molecule has 0 bridgehead atoms. The van der Waals surface area contributed by atoms with Crippen LogP contribution in [0.15, 0.2) is 9.63 Å². The van der Waals surface area contributed by atoms with Crippen LogP contribution < -0.4 is 5.73 Å². The molecule has 0 aromatic carbocycles. The lowest BCUT2D eigenvalue weighted by Crippen LogP contribution is -2.32. The molecular weight excluding hydrogens is 334 g/mol. The van der Waals surface area contributed by atoms with Gasteiger partial charge in [0.2, 0.25) is 0 Å². The van der Waals surface area contributed by atoms with E-state index in [0.29, 0.717) is 12.3 Å². The predicted octanol–water partition coefficient (Wildman–Crippen LogP) is 2.57. The van der Waals surface area contributed by atoms with Gasteiger partial charge >= 0.3 is 0 Å². The molecule has 6 nitrogen and oxygen atoms in total. The highest BCUT2D eigenvalue weighted by Crippen LogP contribution is 2.23. The largest absolute Gasteiger partial charge is 0.409 e. The summed E-state index contributed by atoms with van der Waals surface area (Å²) < 4.78 is 3.10. The SMILES string of the molecule is CCn1nc(C)c(Br)c1CN(CCC(N)=NO)CC(C)C. The van der Waals surface area contributed by atoms with Crippen molar-refractivity contribution in [3.8, 4) is 0 Å². The fraction of sp³-hybridized carbons (Fsp3) is 0.714. The van der Waals surface area contributed by atoms with Gasteiger partial charge in [-0.1, -0.05) is 19.0 Å². The Balaban J connectivity index is 2.85. The van der Waals surface area contributed by atoms with E-state index in [1.54, 1.807) is 0 Å². The van der Waals surface area contributed by atoms with Crippen LogP contribution in [-0.2, 0) is 13.1 Å². The van der Waals surface area contributed by atoms with Crippen LogP contribution in [0.5, 0.6) is 0 Å². The number of nitrogens with two attached hydrogens (primary N) is 1. The molecule has 0 atom stereocenters. The zero-order chi connectivity index (χ0) is 16.0. The number of oxime groups is 1. The van der Waals surface area contributed by atoms with Crippen LogP contribution >= 0.6 is 15.9 Å². The average molecular weight is 360 g/mol. The third-order valence-corrected chi connectivity index (χ3v) is 4.29. The zero-order valence-corrected chi connectivity index (χ0v) is 14.9. The zero-order valence-electron chi connectivity index (χ0n) is 13.3. The smallest absolute Gasteiger partial charge is 0.140 e. The van der Waals surface area contributed by atoms with E-state index in [4.69, 9.17) is 10.9 Å². The molecule has 0 amide bonds. The molecule has 1 aromatic rings. The molecule has 7 heteroatoms. The van der Waals surface area contributed by atoms with E-state index in [2.05, 4.69) is 51.9 Å². The average Bonchev–Trinajstić information content (AvgIpc) is 2.71. The molecule has 0 radical (unpaired) electrons. The first-order valence-corrected chi connectivity index (χ1v) is 8.08. The Labute approximate surface area is 135 Å². The fourth-order valence-electron chi connectivity index (χ4n) is 2.31. The molecule has 21 heavy (non-hydrogen) atoms. The molecule has 0 aliphatic carbocycles. The van der Waals surface area contributed by atoms with Crippen molar-refractivity contribution in [3.63, 3.8) is 0 Å². The maximum atomic E-state index is 8.67. The van der Waals surface area contributed by atoms with Crippen molar-refractivity contribution in [3.05, 3.63) is 15.9 Å². The molecule has 1 heterocycles. The topological polar surface area (TPSA) is 79.7 Å². The monoisotopic (exact) mass is 359 g/mol. The van der Waals surface area contributed by atoms with Gasteiger partial charge in [0.15, 0.2) is 0 Å². The van der Waals surface area contributed by atoms with Crippen LogP contribution in [0, 0.1) is 12.8 Å². The highest BCUT2D eigenvalue weighted by molar-refractivity contribution is 9.10. The predicted molar refractivity (Wildman–Crippen MR) is 88.5 cm³/mol. The summed E-state index contributed by atoms with van der Waals surface area (Å²) in [6, 6.07) is 0. The van der Waals surface area contributed by atoms with Gasteiger partial charge in [-0.3, -0.25) is 9.58 Å². The molecule has 0 aliphatic rings. The molecule has 0 spiro atoms. The van der Waals surface area contributed by atoms with Crippen molar-refractivity contribution in [1.29, 1.82) is 0 Å². The van der Waals surface area contributed by atoms with Crippen LogP contribution in [0.1, 0.15) is 38.6 Å². The number of amidine groups is 1. The van der Waals surface area contributed by atoms with E-state index in [1.807, 2.05) is 11.6 Å². The lowest BCUT2D eigenvalue weighted by Gasteiger charge is -2.24. The quantitative estimate of drug-likeness (QED) is 0.323. The van der Waals surface area contributed by atoms with Crippen LogP contribution in [0.3, 0.4) is 0 Å². The van der Waals surface area contributed by atoms with Gasteiger partial charge in [0, 0.05) is 32.6 Å². The first kappa shape index (κ1) is 18.0. The summed E-state index contributed by atoms with van der Waals surface area (Å²) in [4.78, 5) is 2.32. The lowest BCUT2D eigenvalue weighted by atomic mass is 10.2. The highest BCUT2D eigenvalue weighted by atomic mass is 79.9. The second kappa shape index (κ2) is 8.38. The molecule has 3 N–H and O–H groups in total. The van der Waals surface area contributed by atoms with Crippen LogP contribution in [0.2, 0.25) is 0 Å². The molecule has 0 fully saturated rings. The number of hydrogen-bond acceptors (Lipinski definition) is 4. The van der Waals surface area contributed by atoms with Crippen LogP contribution in [0.4, 0.5) is 0 Å². The number of aryl methyl sites for hydroxylation is 2. The van der Waals surface area contributed by atoms with E-state index < -0.39 is 0 Å². The van der Waals surface area contributed by atoms with Gasteiger partial charge in [0.25, 0.3) is 0 Å². The van der Waals surface area contributed by atoms with Gasteiger partial charge in [0.05, 0.1) is 15.9 Å². The van der Waals surface area contributed by atoms with E-state index in [1.165, 1.54) is 5.69 Å². The third-order valence-electron chi connectivity index (χ3n) is 3.26. The number of aromatic nitrogens is 2. The standard InChI is InChI=1S/C14H26BrN5O/c1-5-20-12(14(15)11(4)17-20)9-19(8-10(2)3)7-6-13(16)18-21/h10,21H,5-9H2,1-4H3,(H2,16,18). The molecular formula is C14H26BrN5O. The van der Waals surface area contributed by atoms with Crippen molar-refractivity contribution in [2.75, 3.05) is 13.1 Å². The Morgan fingerprint density at radius 3 is 2.71 bits per heavy atom. The number of nitrogens with zero attached hydrogens (tertiary/aromatic N) is 4. The van der Waals surface area contributed by atoms with Crippen LogP contribution in [0.25, 0.3) is 0 Å². The third kappa shape index (κ3) is 5.32. The van der Waals surface area contributed by atoms with E-state index in [-0.39, 0.29) is 5.84 Å². The van der Waals surface area contributed by atoms with E-state index in [0.717, 1.165) is 36.3 Å². The van der Waals surface area contributed by atoms with Gasteiger partial charge in [-0.15, -0.1) is 0 Å². The van der Waals surface area contributed by atoms with E-state index >= 15 is 0 Å². The molecule has 0 aliphatic heterocycles. The van der Waals surface area contributed by atoms with Gasteiger partial charge < -0.3 is 10.9 Å². The Morgan fingerprint density at radius 1 is 1.52 bits per heavy atom. The van der Waals surface area contributed by atoms with Gasteiger partial charge in [-0.05, 0) is 35.7 Å². The minimum absolute atomic E-state index is 0.267. The lowest BCUT2D eigenvalue weighted by molar-refractivity contribution is 0.233. The van der Waals surface area contributed by atoms with Gasteiger partial charge in [-0.25, -0.2) is 0 Å². The highest BCUT2D eigenvalue weighted by Gasteiger charge is 2.17. The van der Waals surface area contributed by atoms with Crippen LogP contribution in [-0.4, -0.2) is 38.8 Å². The Hall–Kier alpha value is -1.08. The molecule has 120 valence electrons. The van der Waals surface area contributed by atoms with Crippen molar-refractivity contribution >= 4 is 21.8 Å². The molecule has 0 unspecified atom stereocenters. The molecule has 0 saturated carbocycles. The normalized spacial score (nSPS) is 12.6. The molecule has 0 saturated heterocycles. The summed E-state index contributed by atoms with van der Waals surface area (Å²) in [5.41, 5.74) is 7.77. The summed E-state index contributed by atoms with van der Waals surface area (Å²) in [6.45, 7) is 11.8. The van der Waals surface area contributed by atoms with Crippen molar-refractivity contribution in [1.82, 2.24) is 14.7 Å². The summed E-state index contributed by atoms with van der Waals surface area (Å²) in [5.74, 6) is 0.818. The second-order valence-corrected chi connectivity index (χ2v) is 6.43.